The molecule has 0 saturated heterocycles. The van der Waals surface area contributed by atoms with Gasteiger partial charge in [0.1, 0.15) is 45.3 Å². The van der Waals surface area contributed by atoms with Gasteiger partial charge in [0.15, 0.2) is 0 Å². The zero-order valence-corrected chi connectivity index (χ0v) is 27.2. The molecule has 7 aromatic carbocycles. The predicted molar refractivity (Wildman–Crippen MR) is 202 cm³/mol. The van der Waals surface area contributed by atoms with Crippen LogP contribution in [0.3, 0.4) is 0 Å². The average molecular weight is 644 g/mol. The maximum Gasteiger partial charge on any atom is 0.260 e. The Bertz CT molecular complexity index is 3040. The van der Waals surface area contributed by atoms with E-state index in [9.17, 15) is 0 Å². The van der Waals surface area contributed by atoms with Crippen molar-refractivity contribution in [1.29, 1.82) is 0 Å². The number of aryl methyl sites for hydroxylation is 2. The van der Waals surface area contributed by atoms with Crippen molar-refractivity contribution in [3.05, 3.63) is 132 Å². The number of fused-ring (bicyclic) bond motifs is 16. The van der Waals surface area contributed by atoms with Crippen LogP contribution in [0.5, 0.6) is 23.0 Å². The predicted octanol–water partition coefficient (Wildman–Crippen LogP) is 9.93. The van der Waals surface area contributed by atoms with Crippen LogP contribution in [-0.2, 0) is 0 Å². The second-order valence-corrected chi connectivity index (χ2v) is 13.8. The zero-order valence-electron chi connectivity index (χ0n) is 27.2. The lowest BCUT2D eigenvalue weighted by atomic mass is 9.35. The number of hydrogen-bond acceptors (Lipinski definition) is 4. The standard InChI is InChI=1S/C44H26BNO4/c1-23-15-17-29-34(19-23)47-36-21-25(22-37-41(36)45(29)30-18-16-24(2)20-35(30)48-37)46-31-12-6-3-9-26(31)38-42(46)39-27-10-4-7-13-32(27)49-44(39)40-28-11-5-8-14-33(28)50-43(38)40/h3-22H,1-2H3. The Balaban J connectivity index is 1.25. The van der Waals surface area contributed by atoms with Crippen LogP contribution in [0.2, 0.25) is 0 Å². The molecule has 3 aromatic heterocycles. The highest BCUT2D eigenvalue weighted by atomic mass is 16.5. The highest BCUT2D eigenvalue weighted by molar-refractivity contribution is 6.98. The van der Waals surface area contributed by atoms with Gasteiger partial charge < -0.3 is 22.9 Å². The summed E-state index contributed by atoms with van der Waals surface area (Å²) in [6, 6.07) is 42.5. The second kappa shape index (κ2) is 9.19. The van der Waals surface area contributed by atoms with E-state index in [1.165, 1.54) is 0 Å². The first kappa shape index (κ1) is 26.5. The van der Waals surface area contributed by atoms with Crippen molar-refractivity contribution < 1.29 is 18.3 Å². The van der Waals surface area contributed by atoms with E-state index < -0.39 is 0 Å². The van der Waals surface area contributed by atoms with Crippen LogP contribution in [0.15, 0.2) is 130 Å². The molecule has 0 fully saturated rings. The molecule has 0 saturated carbocycles. The van der Waals surface area contributed by atoms with Gasteiger partial charge in [0, 0.05) is 33.8 Å². The zero-order chi connectivity index (χ0) is 32.8. The molecule has 6 heteroatoms. The molecule has 0 atom stereocenters. The lowest BCUT2D eigenvalue weighted by Crippen LogP contribution is -2.57. The molecule has 0 unspecified atom stereocenters. The number of furan rings is 2. The summed E-state index contributed by atoms with van der Waals surface area (Å²) in [6.07, 6.45) is 0. The Labute approximate surface area is 285 Å². The van der Waals surface area contributed by atoms with Gasteiger partial charge in [0.05, 0.1) is 32.9 Å². The van der Waals surface area contributed by atoms with E-state index in [4.69, 9.17) is 18.3 Å². The van der Waals surface area contributed by atoms with Crippen molar-refractivity contribution in [2.24, 2.45) is 0 Å². The van der Waals surface area contributed by atoms with E-state index in [1.807, 2.05) is 24.3 Å². The van der Waals surface area contributed by atoms with Crippen LogP contribution in [-0.4, -0.2) is 11.3 Å². The van der Waals surface area contributed by atoms with Gasteiger partial charge in [-0.2, -0.15) is 0 Å². The van der Waals surface area contributed by atoms with Crippen molar-refractivity contribution in [2.75, 3.05) is 0 Å². The molecule has 5 nitrogen and oxygen atoms in total. The third-order valence-corrected chi connectivity index (χ3v) is 10.8. The van der Waals surface area contributed by atoms with Gasteiger partial charge in [-0.05, 0) is 66.2 Å². The molecule has 50 heavy (non-hydrogen) atoms. The molecule has 0 bridgehead atoms. The molecule has 12 rings (SSSR count). The normalized spacial score (nSPS) is 13.3. The van der Waals surface area contributed by atoms with E-state index in [2.05, 4.69) is 115 Å². The Hall–Kier alpha value is -6.40. The number of rotatable bonds is 1. The number of aromatic nitrogens is 1. The van der Waals surface area contributed by atoms with Crippen molar-refractivity contribution in [3.8, 4) is 28.7 Å². The number of ether oxygens (including phenoxy) is 2. The molecular weight excluding hydrogens is 617 g/mol. The van der Waals surface area contributed by atoms with Crippen LogP contribution < -0.4 is 25.9 Å². The molecular formula is C44H26BNO4. The first-order valence-corrected chi connectivity index (χ1v) is 17.0. The van der Waals surface area contributed by atoms with Gasteiger partial charge in [0.25, 0.3) is 6.71 Å². The largest absolute Gasteiger partial charge is 0.458 e. The van der Waals surface area contributed by atoms with Crippen molar-refractivity contribution in [1.82, 2.24) is 4.57 Å². The Morgan fingerprint density at radius 3 is 1.64 bits per heavy atom. The van der Waals surface area contributed by atoms with Crippen molar-refractivity contribution in [3.63, 3.8) is 0 Å². The lowest BCUT2D eigenvalue weighted by Gasteiger charge is -2.33. The minimum Gasteiger partial charge on any atom is -0.458 e. The highest BCUT2D eigenvalue weighted by Gasteiger charge is 2.41. The number of benzene rings is 7. The maximum absolute atomic E-state index is 6.83. The number of para-hydroxylation sites is 3. The van der Waals surface area contributed by atoms with E-state index in [-0.39, 0.29) is 6.71 Å². The van der Waals surface area contributed by atoms with Crippen LogP contribution in [0.4, 0.5) is 0 Å². The maximum atomic E-state index is 6.83. The minimum atomic E-state index is 0.000554. The van der Waals surface area contributed by atoms with Crippen LogP contribution in [0, 0.1) is 13.8 Å². The summed E-state index contributed by atoms with van der Waals surface area (Å²) < 4.78 is 29.5. The van der Waals surface area contributed by atoms with Gasteiger partial charge in [-0.3, -0.25) is 0 Å². The molecule has 10 aromatic rings. The van der Waals surface area contributed by atoms with Crippen molar-refractivity contribution in [2.45, 2.75) is 13.8 Å². The van der Waals surface area contributed by atoms with E-state index in [0.717, 1.165) is 122 Å². The summed E-state index contributed by atoms with van der Waals surface area (Å²) >= 11 is 0. The van der Waals surface area contributed by atoms with E-state index >= 15 is 0 Å². The van der Waals surface area contributed by atoms with Crippen LogP contribution in [0.1, 0.15) is 11.1 Å². The Morgan fingerprint density at radius 2 is 1.02 bits per heavy atom. The minimum absolute atomic E-state index is 0.000554. The molecule has 5 heterocycles. The fourth-order valence-corrected chi connectivity index (χ4v) is 8.70. The monoisotopic (exact) mass is 643 g/mol. The van der Waals surface area contributed by atoms with Gasteiger partial charge in [0.2, 0.25) is 0 Å². The van der Waals surface area contributed by atoms with Gasteiger partial charge in [-0.25, -0.2) is 0 Å². The Kier molecular flexibility index (Phi) is 4.88. The molecule has 0 spiro atoms. The number of hydrogen-bond donors (Lipinski definition) is 0. The molecule has 2 aliphatic heterocycles. The molecule has 234 valence electrons. The van der Waals surface area contributed by atoms with Gasteiger partial charge in [-0.15, -0.1) is 0 Å². The quantitative estimate of drug-likeness (QED) is 0.167. The van der Waals surface area contributed by atoms with Crippen LogP contribution in [0.25, 0.3) is 71.4 Å². The summed E-state index contributed by atoms with van der Waals surface area (Å²) in [6.45, 7) is 4.22. The third-order valence-electron chi connectivity index (χ3n) is 10.8. The smallest absolute Gasteiger partial charge is 0.260 e. The topological polar surface area (TPSA) is 49.7 Å². The summed E-state index contributed by atoms with van der Waals surface area (Å²) in [4.78, 5) is 0. The average Bonchev–Trinajstić information content (AvgIpc) is 3.80. The third kappa shape index (κ3) is 3.28. The number of nitrogens with zero attached hydrogens (tertiary/aromatic N) is 1. The summed E-state index contributed by atoms with van der Waals surface area (Å²) in [7, 11) is 0. The van der Waals surface area contributed by atoms with E-state index in [1.54, 1.807) is 0 Å². The first-order chi connectivity index (χ1) is 24.6. The second-order valence-electron chi connectivity index (χ2n) is 13.8. The first-order valence-electron chi connectivity index (χ1n) is 17.0. The fraction of sp³-hybridized carbons (Fsp3) is 0.0455. The highest BCUT2D eigenvalue weighted by Crippen LogP contribution is 2.49. The lowest BCUT2D eigenvalue weighted by molar-refractivity contribution is 0.464. The molecule has 0 aliphatic carbocycles. The summed E-state index contributed by atoms with van der Waals surface area (Å²) in [5.41, 5.74) is 12.0. The molecule has 0 N–H and O–H groups in total. The SMILES string of the molecule is Cc1ccc2c(c1)Oc1cc(-n3c4ccccc4c4c5oc6ccccc6c5c5oc6ccccc6c5c43)cc3c1B2c1ccc(C)cc1O3. The summed E-state index contributed by atoms with van der Waals surface area (Å²) in [5.74, 6) is 3.37. The molecule has 0 amide bonds. The summed E-state index contributed by atoms with van der Waals surface area (Å²) in [5, 5.41) is 6.31. The Morgan fingerprint density at radius 1 is 0.500 bits per heavy atom. The van der Waals surface area contributed by atoms with Gasteiger partial charge >= 0.3 is 0 Å². The van der Waals surface area contributed by atoms with E-state index in [0.29, 0.717) is 0 Å². The fourth-order valence-electron chi connectivity index (χ4n) is 8.70. The molecule has 0 radical (unpaired) electrons. The van der Waals surface area contributed by atoms with Crippen molar-refractivity contribution >= 4 is 88.8 Å². The molecule has 2 aliphatic rings. The van der Waals surface area contributed by atoms with Crippen LogP contribution >= 0.6 is 0 Å². The van der Waals surface area contributed by atoms with Gasteiger partial charge in [-0.1, -0.05) is 78.9 Å².